The average molecular weight is 500 g/mol. The molecule has 34 heavy (non-hydrogen) atoms. The van der Waals surface area contributed by atoms with Gasteiger partial charge in [0.05, 0.1) is 25.4 Å². The fourth-order valence-corrected chi connectivity index (χ4v) is 6.31. The molecular formula is C25H29N3O4S2. The smallest absolute Gasteiger partial charge is 0.263 e. The molecule has 180 valence electrons. The van der Waals surface area contributed by atoms with Gasteiger partial charge in [-0.15, -0.1) is 17.9 Å². The van der Waals surface area contributed by atoms with Gasteiger partial charge in [-0.05, 0) is 48.9 Å². The number of fused-ring (bicyclic) bond motifs is 3. The number of allylic oxidation sites excluding steroid dienone is 1. The van der Waals surface area contributed by atoms with Crippen molar-refractivity contribution in [1.82, 2.24) is 14.9 Å². The summed E-state index contributed by atoms with van der Waals surface area (Å²) in [7, 11) is 3.16. The van der Waals surface area contributed by atoms with Gasteiger partial charge in [0.25, 0.3) is 5.56 Å². The van der Waals surface area contributed by atoms with Crippen LogP contribution in [-0.2, 0) is 30.7 Å². The molecule has 9 heteroatoms. The molecule has 1 aliphatic rings. The van der Waals surface area contributed by atoms with Crippen LogP contribution in [0.25, 0.3) is 10.2 Å². The molecule has 0 atom stereocenters. The lowest BCUT2D eigenvalue weighted by Gasteiger charge is -2.12. The first-order chi connectivity index (χ1) is 16.5. The fraction of sp³-hybridized carbons (Fsp3) is 0.400. The first kappa shape index (κ1) is 24.3. The quantitative estimate of drug-likeness (QED) is 0.204. The molecule has 0 fully saturated rings. The van der Waals surface area contributed by atoms with Crippen molar-refractivity contribution in [1.29, 1.82) is 0 Å². The molecule has 2 heterocycles. The van der Waals surface area contributed by atoms with Crippen LogP contribution >= 0.6 is 23.1 Å². The van der Waals surface area contributed by atoms with Crippen molar-refractivity contribution < 1.29 is 14.3 Å². The Morgan fingerprint density at radius 3 is 2.79 bits per heavy atom. The number of thioether (sulfide) groups is 1. The summed E-state index contributed by atoms with van der Waals surface area (Å²) in [5, 5.41) is 4.23. The van der Waals surface area contributed by atoms with Crippen LogP contribution in [0.1, 0.15) is 35.3 Å². The molecule has 0 unspecified atom stereocenters. The van der Waals surface area contributed by atoms with Gasteiger partial charge in [-0.2, -0.15) is 0 Å². The third-order valence-corrected chi connectivity index (χ3v) is 8.03. The van der Waals surface area contributed by atoms with Gasteiger partial charge < -0.3 is 14.8 Å². The maximum atomic E-state index is 13.4. The van der Waals surface area contributed by atoms with Crippen molar-refractivity contribution >= 4 is 39.2 Å². The minimum absolute atomic E-state index is 0.0301. The number of carbonyl (C=O) groups excluding carboxylic acids is 1. The Hall–Kier alpha value is -2.78. The largest absolute Gasteiger partial charge is 0.493 e. The van der Waals surface area contributed by atoms with Crippen molar-refractivity contribution in [3.63, 3.8) is 0 Å². The zero-order valence-corrected chi connectivity index (χ0v) is 21.2. The monoisotopic (exact) mass is 499 g/mol. The average Bonchev–Trinajstić information content (AvgIpc) is 3.04. The Morgan fingerprint density at radius 1 is 1.24 bits per heavy atom. The molecule has 1 N–H and O–H groups in total. The van der Waals surface area contributed by atoms with E-state index in [1.54, 1.807) is 36.2 Å². The number of rotatable bonds is 9. The summed E-state index contributed by atoms with van der Waals surface area (Å²) in [6.45, 7) is 4.53. The van der Waals surface area contributed by atoms with Gasteiger partial charge in [-0.25, -0.2) is 4.98 Å². The second-order valence-corrected chi connectivity index (χ2v) is 10.1. The maximum absolute atomic E-state index is 13.4. The fourth-order valence-electron chi connectivity index (χ4n) is 4.17. The number of benzene rings is 1. The van der Waals surface area contributed by atoms with Crippen molar-refractivity contribution in [2.24, 2.45) is 0 Å². The number of aromatic nitrogens is 2. The second kappa shape index (κ2) is 11.1. The summed E-state index contributed by atoms with van der Waals surface area (Å²) < 4.78 is 12.2. The van der Waals surface area contributed by atoms with E-state index in [-0.39, 0.29) is 17.2 Å². The first-order valence-electron chi connectivity index (χ1n) is 11.3. The molecule has 4 rings (SSSR count). The zero-order chi connectivity index (χ0) is 24.1. The molecule has 0 aliphatic heterocycles. The van der Waals surface area contributed by atoms with Crippen molar-refractivity contribution in [2.45, 2.75) is 50.4 Å². The van der Waals surface area contributed by atoms with Crippen LogP contribution in [-0.4, -0.2) is 35.4 Å². The van der Waals surface area contributed by atoms with Crippen molar-refractivity contribution in [3.05, 3.63) is 57.2 Å². The number of hydrogen-bond donors (Lipinski definition) is 1. The number of ether oxygens (including phenoxy) is 2. The highest BCUT2D eigenvalue weighted by Crippen LogP contribution is 2.34. The van der Waals surface area contributed by atoms with Crippen LogP contribution in [0.3, 0.4) is 0 Å². The minimum atomic E-state index is -0.138. The predicted molar refractivity (Wildman–Crippen MR) is 137 cm³/mol. The van der Waals surface area contributed by atoms with Crippen LogP contribution in [0.5, 0.6) is 11.5 Å². The number of nitrogens with one attached hydrogen (secondary N) is 1. The van der Waals surface area contributed by atoms with E-state index in [4.69, 9.17) is 14.5 Å². The van der Waals surface area contributed by atoms with Gasteiger partial charge in [0, 0.05) is 18.0 Å². The van der Waals surface area contributed by atoms with E-state index >= 15 is 0 Å². The van der Waals surface area contributed by atoms with E-state index in [1.165, 1.54) is 28.6 Å². The van der Waals surface area contributed by atoms with Gasteiger partial charge in [-0.1, -0.05) is 30.3 Å². The standard InChI is InChI=1S/C25H29N3O4S2/c1-4-12-28-24(30)22-17-8-6-5-7-9-20(17)34-23(22)27-25(28)33-15-21(29)26-14-16-10-11-18(31-2)19(13-16)32-3/h4,10-11,13H,1,5-9,12,14-15H2,2-3H3,(H,26,29). The second-order valence-electron chi connectivity index (χ2n) is 8.10. The number of thiophene rings is 1. The lowest BCUT2D eigenvalue weighted by Crippen LogP contribution is -2.26. The molecule has 0 saturated heterocycles. The molecule has 1 aromatic carbocycles. The highest BCUT2D eigenvalue weighted by atomic mass is 32.2. The molecule has 0 saturated carbocycles. The van der Waals surface area contributed by atoms with Gasteiger partial charge in [0.2, 0.25) is 5.91 Å². The lowest BCUT2D eigenvalue weighted by atomic mass is 10.1. The summed E-state index contributed by atoms with van der Waals surface area (Å²) in [4.78, 5) is 32.8. The van der Waals surface area contributed by atoms with Crippen LogP contribution in [0.4, 0.5) is 0 Å². The zero-order valence-electron chi connectivity index (χ0n) is 19.5. The molecule has 0 spiro atoms. The molecule has 1 amide bonds. The summed E-state index contributed by atoms with van der Waals surface area (Å²) in [6.07, 6.45) is 7.10. The van der Waals surface area contributed by atoms with Crippen molar-refractivity contribution in [2.75, 3.05) is 20.0 Å². The molecule has 7 nitrogen and oxygen atoms in total. The number of hydrogen-bond acceptors (Lipinski definition) is 7. The van der Waals surface area contributed by atoms with E-state index in [2.05, 4.69) is 11.9 Å². The molecule has 0 bridgehead atoms. The number of carbonyl (C=O) groups is 1. The van der Waals surface area contributed by atoms with E-state index in [0.717, 1.165) is 41.5 Å². The highest BCUT2D eigenvalue weighted by Gasteiger charge is 2.21. The highest BCUT2D eigenvalue weighted by molar-refractivity contribution is 7.99. The third-order valence-electron chi connectivity index (χ3n) is 5.87. The number of methoxy groups -OCH3 is 2. The van der Waals surface area contributed by atoms with Crippen LogP contribution < -0.4 is 20.3 Å². The molecule has 3 aromatic rings. The van der Waals surface area contributed by atoms with Gasteiger partial charge in [0.1, 0.15) is 4.83 Å². The predicted octanol–water partition coefficient (Wildman–Crippen LogP) is 4.34. The number of amides is 1. The Morgan fingerprint density at radius 2 is 2.03 bits per heavy atom. The number of nitrogens with zero attached hydrogens (tertiary/aromatic N) is 2. The SMILES string of the molecule is C=CCn1c(SCC(=O)NCc2ccc(OC)c(OC)c2)nc2sc3c(c2c1=O)CCCCC3. The summed E-state index contributed by atoms with van der Waals surface area (Å²) >= 11 is 2.91. The Labute approximate surface area is 207 Å². The van der Waals surface area contributed by atoms with Gasteiger partial charge in [-0.3, -0.25) is 14.2 Å². The van der Waals surface area contributed by atoms with Crippen LogP contribution in [0, 0.1) is 0 Å². The lowest BCUT2D eigenvalue weighted by molar-refractivity contribution is -0.118. The third kappa shape index (κ3) is 5.15. The van der Waals surface area contributed by atoms with E-state index in [9.17, 15) is 9.59 Å². The summed E-state index contributed by atoms with van der Waals surface area (Å²) in [6, 6.07) is 5.53. The van der Waals surface area contributed by atoms with Gasteiger partial charge in [0.15, 0.2) is 16.7 Å². The summed E-state index contributed by atoms with van der Waals surface area (Å²) in [5.74, 6) is 1.28. The molecular weight excluding hydrogens is 470 g/mol. The minimum Gasteiger partial charge on any atom is -0.493 e. The van der Waals surface area contributed by atoms with Crippen molar-refractivity contribution in [3.8, 4) is 11.5 Å². The normalized spacial score (nSPS) is 13.2. The summed E-state index contributed by atoms with van der Waals surface area (Å²) in [5.41, 5.74) is 2.05. The first-order valence-corrected chi connectivity index (χ1v) is 13.1. The van der Waals surface area contributed by atoms with Crippen LogP contribution in [0.15, 0.2) is 40.8 Å². The number of aryl methyl sites for hydroxylation is 2. The van der Waals surface area contributed by atoms with Crippen LogP contribution in [0.2, 0.25) is 0 Å². The topological polar surface area (TPSA) is 82.5 Å². The maximum Gasteiger partial charge on any atom is 0.263 e. The molecule has 2 aromatic heterocycles. The van der Waals surface area contributed by atoms with E-state index in [0.29, 0.717) is 29.7 Å². The van der Waals surface area contributed by atoms with E-state index < -0.39 is 0 Å². The Balaban J connectivity index is 1.49. The Kier molecular flexibility index (Phi) is 7.95. The molecule has 0 radical (unpaired) electrons. The Bertz CT molecular complexity index is 1270. The molecule has 1 aliphatic carbocycles. The van der Waals surface area contributed by atoms with Gasteiger partial charge >= 0.3 is 0 Å². The van der Waals surface area contributed by atoms with E-state index in [1.807, 2.05) is 18.2 Å².